The second kappa shape index (κ2) is 11.5. The number of likely N-dealkylation sites (tertiary alicyclic amines) is 1. The van der Waals surface area contributed by atoms with Crippen LogP contribution < -0.4 is 5.32 Å². The van der Waals surface area contributed by atoms with Gasteiger partial charge in [-0.3, -0.25) is 9.59 Å². The second-order valence-electron chi connectivity index (χ2n) is 10.1. The molecule has 2 aromatic rings. The maximum Gasteiger partial charge on any atom is 0.390 e. The third-order valence-electron chi connectivity index (χ3n) is 7.62. The van der Waals surface area contributed by atoms with Crippen molar-refractivity contribution in [2.75, 3.05) is 31.5 Å². The molecule has 11 heteroatoms. The Hall–Kier alpha value is -3.21. The molecule has 2 fully saturated rings. The largest absolute Gasteiger partial charge is 0.390 e. The molecule has 7 nitrogen and oxygen atoms in total. The van der Waals surface area contributed by atoms with Gasteiger partial charge in [0.25, 0.3) is 0 Å². The zero-order valence-electron chi connectivity index (χ0n) is 21.4. The van der Waals surface area contributed by atoms with Crippen molar-refractivity contribution >= 4 is 35.3 Å². The first-order chi connectivity index (χ1) is 18.7. The number of alkyl halides is 3. The summed E-state index contributed by atoms with van der Waals surface area (Å²) in [5, 5.41) is 1.70. The molecule has 3 aliphatic rings. The van der Waals surface area contributed by atoms with Crippen LogP contribution in [-0.2, 0) is 16.0 Å². The van der Waals surface area contributed by atoms with E-state index in [0.29, 0.717) is 32.5 Å². The van der Waals surface area contributed by atoms with Gasteiger partial charge in [-0.25, -0.2) is 4.79 Å². The standard InChI is InChI=1S/C28H31F3N4O3S.H2/c29-28(30,31)13-17-35-25(37)23(39-26(35)20-7-2-1-3-8-20)18-24(36)33-14-11-21(12-15-33)34-16-10-19-6-4-5-9-22(19)32-27(34)38;/h1-9,21,23,26H,10-18H2,(H,32,38);1H. The lowest BCUT2D eigenvalue weighted by Crippen LogP contribution is -2.50. The van der Waals surface area contributed by atoms with E-state index in [1.165, 1.54) is 16.7 Å². The molecule has 3 heterocycles. The third-order valence-corrected chi connectivity index (χ3v) is 9.10. The van der Waals surface area contributed by atoms with Gasteiger partial charge in [-0.2, -0.15) is 13.2 Å². The van der Waals surface area contributed by atoms with E-state index in [1.807, 2.05) is 35.2 Å². The van der Waals surface area contributed by atoms with E-state index >= 15 is 0 Å². The zero-order valence-corrected chi connectivity index (χ0v) is 22.2. The van der Waals surface area contributed by atoms with Crippen LogP contribution in [0.1, 0.15) is 43.6 Å². The number of para-hydroxylation sites is 1. The maximum absolute atomic E-state index is 13.2. The monoisotopic (exact) mass is 562 g/mol. The summed E-state index contributed by atoms with van der Waals surface area (Å²) in [4.78, 5) is 44.0. The summed E-state index contributed by atoms with van der Waals surface area (Å²) in [6, 6.07) is 16.6. The molecule has 4 amide bonds. The number of halogens is 3. The van der Waals surface area contributed by atoms with Gasteiger partial charge in [-0.05, 0) is 36.5 Å². The number of urea groups is 1. The van der Waals surface area contributed by atoms with E-state index in [2.05, 4.69) is 5.32 Å². The molecule has 0 aromatic heterocycles. The highest BCUT2D eigenvalue weighted by molar-refractivity contribution is 8.01. The molecule has 0 bridgehead atoms. The van der Waals surface area contributed by atoms with Crippen molar-refractivity contribution in [1.29, 1.82) is 0 Å². The van der Waals surface area contributed by atoms with Gasteiger partial charge in [0.15, 0.2) is 0 Å². The Balaban J connectivity index is 0.00000370. The molecule has 5 rings (SSSR count). The Morgan fingerprint density at radius 1 is 1.00 bits per heavy atom. The minimum Gasteiger partial charge on any atom is -0.342 e. The number of carbonyl (C=O) groups excluding carboxylic acids is 3. The van der Waals surface area contributed by atoms with Crippen LogP contribution in [0.4, 0.5) is 23.7 Å². The molecule has 2 atom stereocenters. The molecular formula is C28H33F3N4O3S. The smallest absolute Gasteiger partial charge is 0.342 e. The fourth-order valence-corrected chi connectivity index (χ4v) is 7.00. The summed E-state index contributed by atoms with van der Waals surface area (Å²) < 4.78 is 38.9. The predicted molar refractivity (Wildman–Crippen MR) is 145 cm³/mol. The lowest BCUT2D eigenvalue weighted by atomic mass is 10.0. The number of fused-ring (bicyclic) bond motifs is 1. The van der Waals surface area contributed by atoms with Crippen molar-refractivity contribution < 1.29 is 29.0 Å². The first-order valence-corrected chi connectivity index (χ1v) is 14.1. The van der Waals surface area contributed by atoms with E-state index in [9.17, 15) is 27.6 Å². The zero-order chi connectivity index (χ0) is 27.6. The van der Waals surface area contributed by atoms with Gasteiger partial charge in [0.1, 0.15) is 5.37 Å². The summed E-state index contributed by atoms with van der Waals surface area (Å²) in [6.07, 6.45) is -3.51. The first-order valence-electron chi connectivity index (χ1n) is 13.2. The lowest BCUT2D eigenvalue weighted by Gasteiger charge is -2.38. The van der Waals surface area contributed by atoms with Gasteiger partial charge in [0.05, 0.1) is 11.7 Å². The number of carbonyl (C=O) groups is 3. The van der Waals surface area contributed by atoms with Crippen molar-refractivity contribution in [3.05, 3.63) is 65.7 Å². The lowest BCUT2D eigenvalue weighted by molar-refractivity contribution is -0.146. The molecule has 2 unspecified atom stereocenters. The third kappa shape index (κ3) is 6.34. The molecular weight excluding hydrogens is 529 g/mol. The van der Waals surface area contributed by atoms with E-state index in [1.54, 1.807) is 29.2 Å². The highest BCUT2D eigenvalue weighted by Gasteiger charge is 2.44. The summed E-state index contributed by atoms with van der Waals surface area (Å²) in [6.45, 7) is 1.09. The van der Waals surface area contributed by atoms with Crippen LogP contribution in [0.3, 0.4) is 0 Å². The van der Waals surface area contributed by atoms with Crippen LogP contribution in [-0.4, -0.2) is 76.2 Å². The summed E-state index contributed by atoms with van der Waals surface area (Å²) in [7, 11) is 0. The first kappa shape index (κ1) is 27.4. The number of rotatable bonds is 6. The van der Waals surface area contributed by atoms with Crippen molar-refractivity contribution in [3.8, 4) is 0 Å². The Morgan fingerprint density at radius 3 is 2.41 bits per heavy atom. The Bertz CT molecular complexity index is 1210. The van der Waals surface area contributed by atoms with Crippen LogP contribution >= 0.6 is 11.8 Å². The van der Waals surface area contributed by atoms with Crippen LogP contribution in [0.2, 0.25) is 0 Å². The molecule has 2 aromatic carbocycles. The van der Waals surface area contributed by atoms with Gasteiger partial charge in [-0.15, -0.1) is 11.8 Å². The van der Waals surface area contributed by atoms with Crippen molar-refractivity contribution in [2.24, 2.45) is 0 Å². The maximum atomic E-state index is 13.2. The number of hydrogen-bond acceptors (Lipinski definition) is 4. The minimum absolute atomic E-state index is 0. The minimum atomic E-state index is -4.38. The Morgan fingerprint density at radius 2 is 1.69 bits per heavy atom. The molecule has 3 aliphatic heterocycles. The van der Waals surface area contributed by atoms with Gasteiger partial charge >= 0.3 is 12.2 Å². The predicted octanol–water partition coefficient (Wildman–Crippen LogP) is 5.30. The number of nitrogens with one attached hydrogen (secondary N) is 1. The van der Waals surface area contributed by atoms with Crippen LogP contribution in [0.25, 0.3) is 0 Å². The number of anilines is 1. The number of piperidine rings is 1. The Labute approximate surface area is 231 Å². The molecule has 1 N–H and O–H groups in total. The van der Waals surface area contributed by atoms with E-state index in [4.69, 9.17) is 0 Å². The molecule has 0 spiro atoms. The molecule has 210 valence electrons. The molecule has 0 saturated carbocycles. The highest BCUT2D eigenvalue weighted by atomic mass is 32.2. The van der Waals surface area contributed by atoms with Gasteiger partial charge in [0.2, 0.25) is 11.8 Å². The van der Waals surface area contributed by atoms with Crippen molar-refractivity contribution in [1.82, 2.24) is 14.7 Å². The summed E-state index contributed by atoms with van der Waals surface area (Å²) >= 11 is 1.24. The number of benzene rings is 2. The SMILES string of the molecule is O=C(CC1SC(c2ccccc2)N(CCC(F)(F)F)C1=O)N1CCC(N2CCc3ccccc3NC2=O)CC1.[HH]. The van der Waals surface area contributed by atoms with Crippen molar-refractivity contribution in [3.63, 3.8) is 0 Å². The van der Waals surface area contributed by atoms with E-state index in [0.717, 1.165) is 23.2 Å². The average Bonchev–Trinajstić information content (AvgIpc) is 3.12. The highest BCUT2D eigenvalue weighted by Crippen LogP contribution is 2.45. The Kier molecular flexibility index (Phi) is 8.06. The van der Waals surface area contributed by atoms with Crippen LogP contribution in [0, 0.1) is 0 Å². The van der Waals surface area contributed by atoms with Crippen LogP contribution in [0.5, 0.6) is 0 Å². The van der Waals surface area contributed by atoms with Gasteiger partial charge in [0, 0.05) is 45.8 Å². The molecule has 0 aliphatic carbocycles. The molecule has 0 radical (unpaired) electrons. The number of hydrogen-bond donors (Lipinski definition) is 1. The number of thioether (sulfide) groups is 1. The van der Waals surface area contributed by atoms with Gasteiger partial charge < -0.3 is 20.0 Å². The normalized spacial score (nSPS) is 22.5. The second-order valence-corrected chi connectivity index (χ2v) is 11.4. The molecule has 39 heavy (non-hydrogen) atoms. The van der Waals surface area contributed by atoms with Crippen molar-refractivity contribution in [2.45, 2.75) is 54.9 Å². The fourth-order valence-electron chi connectivity index (χ4n) is 5.53. The fraction of sp³-hybridized carbons (Fsp3) is 0.464. The number of nitrogens with zero attached hydrogens (tertiary/aromatic N) is 3. The average molecular weight is 563 g/mol. The van der Waals surface area contributed by atoms with Crippen LogP contribution in [0.15, 0.2) is 54.6 Å². The number of amides is 4. The van der Waals surface area contributed by atoms with Gasteiger partial charge in [-0.1, -0.05) is 48.5 Å². The van der Waals surface area contributed by atoms with E-state index in [-0.39, 0.29) is 25.8 Å². The van der Waals surface area contributed by atoms with E-state index < -0.39 is 35.7 Å². The molecule has 2 saturated heterocycles. The topological polar surface area (TPSA) is 73.0 Å². The quantitative estimate of drug-likeness (QED) is 0.519. The summed E-state index contributed by atoms with van der Waals surface area (Å²) in [5.74, 6) is -0.612. The summed E-state index contributed by atoms with van der Waals surface area (Å²) in [5.41, 5.74) is 2.67.